The van der Waals surface area contributed by atoms with Crippen molar-refractivity contribution in [1.29, 1.82) is 0 Å². The van der Waals surface area contributed by atoms with Crippen LogP contribution >= 0.6 is 0 Å². The molecule has 1 unspecified atom stereocenters. The third kappa shape index (κ3) is 4.55. The fraction of sp³-hybridized carbons (Fsp3) is 0.529. The fourth-order valence-corrected chi connectivity index (χ4v) is 2.15. The second-order valence-electron chi connectivity index (χ2n) is 5.03. The van der Waals surface area contributed by atoms with Gasteiger partial charge in [-0.1, -0.05) is 45.0 Å². The topological polar surface area (TPSA) is 12.0 Å². The summed E-state index contributed by atoms with van der Waals surface area (Å²) in [6, 6.07) is 9.42. The van der Waals surface area contributed by atoms with E-state index >= 15 is 0 Å². The van der Waals surface area contributed by atoms with Crippen molar-refractivity contribution in [1.82, 2.24) is 5.32 Å². The zero-order valence-electron chi connectivity index (χ0n) is 11.9. The number of hydrogen-bond acceptors (Lipinski definition) is 1. The third-order valence-electron chi connectivity index (χ3n) is 3.27. The van der Waals surface area contributed by atoms with Crippen molar-refractivity contribution < 1.29 is 0 Å². The van der Waals surface area contributed by atoms with Crippen molar-refractivity contribution >= 4 is 0 Å². The molecule has 1 aromatic rings. The van der Waals surface area contributed by atoms with E-state index in [1.165, 1.54) is 11.1 Å². The van der Waals surface area contributed by atoms with E-state index in [1.807, 2.05) is 0 Å². The first-order chi connectivity index (χ1) is 8.69. The molecule has 0 heterocycles. The number of rotatable bonds is 7. The van der Waals surface area contributed by atoms with Crippen LogP contribution < -0.4 is 5.32 Å². The van der Waals surface area contributed by atoms with Crippen molar-refractivity contribution in [2.45, 2.75) is 52.0 Å². The minimum absolute atomic E-state index is 0.435. The molecule has 1 atom stereocenters. The highest BCUT2D eigenvalue weighted by molar-refractivity contribution is 5.26. The van der Waals surface area contributed by atoms with Gasteiger partial charge in [-0.25, -0.2) is 0 Å². The van der Waals surface area contributed by atoms with Gasteiger partial charge in [-0.05, 0) is 36.4 Å². The average molecular weight is 243 g/mol. The molecule has 1 nitrogen and oxygen atoms in total. The predicted octanol–water partition coefficient (Wildman–Crippen LogP) is 4.26. The quantitative estimate of drug-likeness (QED) is 0.557. The molecule has 0 aliphatic heterocycles. The number of benzene rings is 1. The Balaban J connectivity index is 2.69. The normalized spacial score (nSPS) is 12.4. The molecule has 1 N–H and O–H groups in total. The highest BCUT2D eigenvalue weighted by Crippen LogP contribution is 2.22. The number of nitrogens with one attached hydrogen (secondary N) is 1. The molecule has 98 valence electrons. The average Bonchev–Trinajstić information content (AvgIpc) is 2.38. The van der Waals surface area contributed by atoms with E-state index in [0.717, 1.165) is 25.8 Å². The van der Waals surface area contributed by atoms with Crippen LogP contribution in [0.25, 0.3) is 0 Å². The van der Waals surface area contributed by atoms with Gasteiger partial charge in [0.05, 0.1) is 0 Å². The molecule has 0 aromatic heterocycles. The molecule has 18 heavy (non-hydrogen) atoms. The van der Waals surface area contributed by atoms with Crippen molar-refractivity contribution in [3.05, 3.63) is 35.4 Å². The van der Waals surface area contributed by atoms with Crippen LogP contribution in [0.4, 0.5) is 0 Å². The van der Waals surface area contributed by atoms with E-state index in [1.54, 1.807) is 0 Å². The van der Waals surface area contributed by atoms with Crippen LogP contribution in [0.3, 0.4) is 0 Å². The van der Waals surface area contributed by atoms with Crippen LogP contribution in [-0.4, -0.2) is 6.54 Å². The molecule has 1 heteroatoms. The van der Waals surface area contributed by atoms with E-state index in [9.17, 15) is 0 Å². The van der Waals surface area contributed by atoms with Crippen LogP contribution in [0.1, 0.15) is 63.1 Å². The Kier molecular flexibility index (Phi) is 6.54. The Bertz CT molecular complexity index is 370. The lowest BCUT2D eigenvalue weighted by atomic mass is 9.96. The van der Waals surface area contributed by atoms with Crippen LogP contribution in [0.2, 0.25) is 0 Å². The number of hydrogen-bond donors (Lipinski definition) is 1. The maximum absolute atomic E-state index is 5.31. The fourth-order valence-electron chi connectivity index (χ4n) is 2.15. The van der Waals surface area contributed by atoms with Gasteiger partial charge in [0.1, 0.15) is 0 Å². The van der Waals surface area contributed by atoms with Crippen molar-refractivity contribution in [2.75, 3.05) is 6.54 Å². The van der Waals surface area contributed by atoms with Gasteiger partial charge in [-0.15, -0.1) is 12.3 Å². The highest BCUT2D eigenvalue weighted by Gasteiger charge is 2.10. The maximum atomic E-state index is 5.31. The van der Waals surface area contributed by atoms with Gasteiger partial charge in [0.15, 0.2) is 0 Å². The maximum Gasteiger partial charge on any atom is 0.0320 e. The van der Waals surface area contributed by atoms with Gasteiger partial charge >= 0.3 is 0 Å². The van der Waals surface area contributed by atoms with Crippen LogP contribution in [0.15, 0.2) is 24.3 Å². The van der Waals surface area contributed by atoms with Gasteiger partial charge in [0.2, 0.25) is 0 Å². The van der Waals surface area contributed by atoms with Crippen LogP contribution in [0.5, 0.6) is 0 Å². The summed E-state index contributed by atoms with van der Waals surface area (Å²) in [5, 5.41) is 3.54. The lowest BCUT2D eigenvalue weighted by Crippen LogP contribution is -2.20. The second-order valence-corrected chi connectivity index (χ2v) is 5.03. The van der Waals surface area contributed by atoms with Gasteiger partial charge in [-0.2, -0.15) is 0 Å². The summed E-state index contributed by atoms with van der Waals surface area (Å²) < 4.78 is 0. The molecule has 0 saturated heterocycles. The molecule has 0 bridgehead atoms. The molecule has 0 aliphatic carbocycles. The molecule has 0 amide bonds. The van der Waals surface area contributed by atoms with E-state index in [-0.39, 0.29) is 0 Å². The summed E-state index contributed by atoms with van der Waals surface area (Å²) in [6.45, 7) is 7.59. The molecule has 1 rings (SSSR count). The van der Waals surface area contributed by atoms with Crippen molar-refractivity contribution in [2.24, 2.45) is 0 Å². The summed E-state index contributed by atoms with van der Waals surface area (Å²) >= 11 is 0. The summed E-state index contributed by atoms with van der Waals surface area (Å²) in [5.41, 5.74) is 2.77. The molecule has 0 aliphatic rings. The second kappa shape index (κ2) is 7.95. The largest absolute Gasteiger partial charge is 0.310 e. The minimum atomic E-state index is 0.435. The van der Waals surface area contributed by atoms with Gasteiger partial charge in [-0.3, -0.25) is 0 Å². The summed E-state index contributed by atoms with van der Waals surface area (Å²) in [4.78, 5) is 0. The Labute approximate surface area is 112 Å². The summed E-state index contributed by atoms with van der Waals surface area (Å²) in [6.07, 6.45) is 8.37. The van der Waals surface area contributed by atoms with Gasteiger partial charge in [0, 0.05) is 12.5 Å². The number of terminal acetylenes is 1. The van der Waals surface area contributed by atoms with Crippen molar-refractivity contribution in [3.63, 3.8) is 0 Å². The van der Waals surface area contributed by atoms with Crippen LogP contribution in [-0.2, 0) is 0 Å². The SMILES string of the molecule is C#CCCCC(NCC)c1ccc(C(C)C)cc1. The summed E-state index contributed by atoms with van der Waals surface area (Å²) in [7, 11) is 0. The first kappa shape index (κ1) is 14.8. The standard InChI is InChI=1S/C17H25N/c1-5-7-8-9-17(18-6-2)16-12-10-15(11-13-16)14(3)4/h1,10-14,17-18H,6-9H2,2-4H3. The lowest BCUT2D eigenvalue weighted by molar-refractivity contribution is 0.501. The molecular weight excluding hydrogens is 218 g/mol. The van der Waals surface area contributed by atoms with Crippen LogP contribution in [0, 0.1) is 12.3 Å². The predicted molar refractivity (Wildman–Crippen MR) is 79.6 cm³/mol. The molecule has 1 aromatic carbocycles. The van der Waals surface area contributed by atoms with E-state index in [2.05, 4.69) is 56.3 Å². The van der Waals surface area contributed by atoms with E-state index in [0.29, 0.717) is 12.0 Å². The zero-order chi connectivity index (χ0) is 13.4. The Morgan fingerprint density at radius 2 is 1.78 bits per heavy atom. The molecule has 0 saturated carbocycles. The first-order valence-electron chi connectivity index (χ1n) is 6.95. The zero-order valence-corrected chi connectivity index (χ0v) is 11.9. The minimum Gasteiger partial charge on any atom is -0.310 e. The third-order valence-corrected chi connectivity index (χ3v) is 3.27. The first-order valence-corrected chi connectivity index (χ1v) is 6.95. The molecule has 0 spiro atoms. The van der Waals surface area contributed by atoms with Crippen molar-refractivity contribution in [3.8, 4) is 12.3 Å². The Hall–Kier alpha value is -1.26. The van der Waals surface area contributed by atoms with E-state index in [4.69, 9.17) is 6.42 Å². The monoisotopic (exact) mass is 243 g/mol. The Morgan fingerprint density at radius 1 is 1.17 bits per heavy atom. The van der Waals surface area contributed by atoms with Gasteiger partial charge in [0.25, 0.3) is 0 Å². The molecular formula is C17H25N. The number of unbranched alkanes of at least 4 members (excludes halogenated alkanes) is 1. The smallest absolute Gasteiger partial charge is 0.0320 e. The van der Waals surface area contributed by atoms with Gasteiger partial charge < -0.3 is 5.32 Å². The lowest BCUT2D eigenvalue weighted by Gasteiger charge is -2.18. The Morgan fingerprint density at radius 3 is 2.28 bits per heavy atom. The summed E-state index contributed by atoms with van der Waals surface area (Å²) in [5.74, 6) is 3.31. The highest BCUT2D eigenvalue weighted by atomic mass is 14.9. The van der Waals surface area contributed by atoms with E-state index < -0.39 is 0 Å². The molecule has 0 radical (unpaired) electrons. The molecule has 0 fully saturated rings.